The van der Waals surface area contributed by atoms with Crippen molar-refractivity contribution in [1.82, 2.24) is 4.57 Å². The molecule has 0 bridgehead atoms. The fourth-order valence-electron chi connectivity index (χ4n) is 3.50. The van der Waals surface area contributed by atoms with Crippen molar-refractivity contribution in [3.63, 3.8) is 0 Å². The second-order valence-corrected chi connectivity index (χ2v) is 8.99. The summed E-state index contributed by atoms with van der Waals surface area (Å²) in [6.07, 6.45) is 10.2. The van der Waals surface area contributed by atoms with Crippen LogP contribution in [0.4, 0.5) is 0 Å². The van der Waals surface area contributed by atoms with E-state index in [1.807, 2.05) is 60.8 Å². The molecule has 0 saturated heterocycles. The van der Waals surface area contributed by atoms with Crippen LogP contribution in [0.25, 0.3) is 6.08 Å². The Hall–Kier alpha value is -2.27. The maximum atomic E-state index is 6.52. The summed E-state index contributed by atoms with van der Waals surface area (Å²) >= 11 is 18.6. The standard InChI is InChI=1S/C27H24Cl3N2O.ClH/c28-23-10-8-22(9-11-23)19-33-27(25-13-12-24(29)17-26(25)30)18-32-16-15-31(20-32)14-4-7-21-5-2-1-3-6-21;/h1-13,15-17,20,27H,14,18-19H2;1H/q+1;/p-1/b7-4+;. The number of aromatic nitrogens is 2. The second kappa shape index (κ2) is 13.0. The average Bonchev–Trinajstić information content (AvgIpc) is 3.26. The summed E-state index contributed by atoms with van der Waals surface area (Å²) in [6.45, 7) is 1.84. The number of ether oxygens (including phenoxy) is 1. The van der Waals surface area contributed by atoms with E-state index in [4.69, 9.17) is 39.5 Å². The van der Waals surface area contributed by atoms with Gasteiger partial charge in [0.1, 0.15) is 31.6 Å². The molecule has 1 unspecified atom stereocenters. The predicted octanol–water partition coefficient (Wildman–Crippen LogP) is 4.41. The van der Waals surface area contributed by atoms with Crippen LogP contribution >= 0.6 is 34.8 Å². The molecule has 34 heavy (non-hydrogen) atoms. The maximum absolute atomic E-state index is 6.52. The van der Waals surface area contributed by atoms with Crippen LogP contribution in [0.3, 0.4) is 0 Å². The van der Waals surface area contributed by atoms with Gasteiger partial charge in [-0.25, -0.2) is 9.13 Å². The third-order valence-electron chi connectivity index (χ3n) is 5.22. The van der Waals surface area contributed by atoms with Crippen molar-refractivity contribution in [2.45, 2.75) is 25.8 Å². The highest BCUT2D eigenvalue weighted by Gasteiger charge is 2.20. The van der Waals surface area contributed by atoms with Gasteiger partial charge in [-0.05, 0) is 41.5 Å². The molecule has 0 amide bonds. The number of allylic oxidation sites excluding steroid dienone is 1. The normalized spacial score (nSPS) is 12.0. The number of nitrogens with zero attached hydrogens (tertiary/aromatic N) is 2. The largest absolute Gasteiger partial charge is 1.00 e. The summed E-state index contributed by atoms with van der Waals surface area (Å²) in [4.78, 5) is 0. The van der Waals surface area contributed by atoms with Gasteiger partial charge in [-0.3, -0.25) is 0 Å². The topological polar surface area (TPSA) is 18.0 Å². The smallest absolute Gasteiger partial charge is 0.244 e. The van der Waals surface area contributed by atoms with Crippen LogP contribution in [0, 0.1) is 0 Å². The minimum absolute atomic E-state index is 0. The van der Waals surface area contributed by atoms with E-state index in [-0.39, 0.29) is 18.5 Å². The summed E-state index contributed by atoms with van der Waals surface area (Å²) < 4.78 is 10.5. The van der Waals surface area contributed by atoms with Crippen molar-refractivity contribution in [3.8, 4) is 0 Å². The van der Waals surface area contributed by atoms with Crippen LogP contribution in [-0.4, -0.2) is 4.57 Å². The molecule has 0 aliphatic rings. The Morgan fingerprint density at radius 3 is 2.38 bits per heavy atom. The first-order valence-electron chi connectivity index (χ1n) is 10.6. The lowest BCUT2D eigenvalue weighted by Gasteiger charge is -2.18. The number of benzene rings is 3. The molecule has 1 heterocycles. The van der Waals surface area contributed by atoms with Crippen LogP contribution in [0.2, 0.25) is 15.1 Å². The molecule has 4 aromatic rings. The van der Waals surface area contributed by atoms with E-state index in [0.29, 0.717) is 28.2 Å². The van der Waals surface area contributed by atoms with Crippen LogP contribution in [0.15, 0.2) is 97.6 Å². The average molecular weight is 534 g/mol. The lowest BCUT2D eigenvalue weighted by molar-refractivity contribution is -0.686. The van der Waals surface area contributed by atoms with Crippen molar-refractivity contribution >= 4 is 40.9 Å². The summed E-state index contributed by atoms with van der Waals surface area (Å²) in [5.74, 6) is 0. The number of rotatable bonds is 9. The molecule has 176 valence electrons. The Morgan fingerprint density at radius 2 is 1.65 bits per heavy atom. The van der Waals surface area contributed by atoms with Crippen molar-refractivity contribution in [2.24, 2.45) is 0 Å². The highest BCUT2D eigenvalue weighted by atomic mass is 35.5. The van der Waals surface area contributed by atoms with Gasteiger partial charge < -0.3 is 17.1 Å². The van der Waals surface area contributed by atoms with Gasteiger partial charge in [-0.1, -0.05) is 89.4 Å². The Morgan fingerprint density at radius 1 is 0.912 bits per heavy atom. The molecule has 3 aromatic carbocycles. The first-order chi connectivity index (χ1) is 16.1. The molecule has 4 rings (SSSR count). The van der Waals surface area contributed by atoms with Crippen molar-refractivity contribution in [2.75, 3.05) is 0 Å². The van der Waals surface area contributed by atoms with E-state index in [1.165, 1.54) is 5.56 Å². The van der Waals surface area contributed by atoms with Crippen LogP contribution in [0.1, 0.15) is 22.8 Å². The summed E-state index contributed by atoms with van der Waals surface area (Å²) in [7, 11) is 0. The van der Waals surface area contributed by atoms with E-state index >= 15 is 0 Å². The zero-order valence-corrected chi connectivity index (χ0v) is 21.4. The van der Waals surface area contributed by atoms with Gasteiger partial charge in [0.15, 0.2) is 0 Å². The molecule has 0 N–H and O–H groups in total. The molecular formula is C27H24Cl4N2O. The number of halogens is 4. The summed E-state index contributed by atoms with van der Waals surface area (Å²) in [5, 5.41) is 1.90. The third kappa shape index (κ3) is 7.63. The Labute approximate surface area is 221 Å². The minimum Gasteiger partial charge on any atom is -1.00 e. The van der Waals surface area contributed by atoms with E-state index in [0.717, 1.165) is 17.7 Å². The Balaban J connectivity index is 0.00000324. The van der Waals surface area contributed by atoms with E-state index in [1.54, 1.807) is 6.07 Å². The molecule has 0 fully saturated rings. The molecule has 0 aliphatic carbocycles. The molecular weight excluding hydrogens is 510 g/mol. The first kappa shape index (κ1) is 26.3. The Kier molecular flexibility index (Phi) is 10.1. The SMILES string of the molecule is Clc1ccc(COC(Cn2cc[n+](C/C=C/c3ccccc3)c2)c2ccc(Cl)cc2Cl)cc1.[Cl-]. The van der Waals surface area contributed by atoms with Gasteiger partial charge in [0.2, 0.25) is 6.33 Å². The molecule has 0 spiro atoms. The van der Waals surface area contributed by atoms with Gasteiger partial charge in [0, 0.05) is 20.6 Å². The third-order valence-corrected chi connectivity index (χ3v) is 6.04. The molecule has 3 nitrogen and oxygen atoms in total. The van der Waals surface area contributed by atoms with Gasteiger partial charge in [-0.2, -0.15) is 0 Å². The predicted molar refractivity (Wildman–Crippen MR) is 136 cm³/mol. The number of hydrogen-bond donors (Lipinski definition) is 0. The quantitative estimate of drug-likeness (QED) is 0.291. The molecule has 1 atom stereocenters. The van der Waals surface area contributed by atoms with Crippen molar-refractivity contribution in [3.05, 3.63) is 129 Å². The van der Waals surface area contributed by atoms with Gasteiger partial charge in [0.25, 0.3) is 0 Å². The molecule has 7 heteroatoms. The highest BCUT2D eigenvalue weighted by Crippen LogP contribution is 2.30. The molecule has 0 radical (unpaired) electrons. The van der Waals surface area contributed by atoms with Crippen molar-refractivity contribution < 1.29 is 21.7 Å². The monoisotopic (exact) mass is 532 g/mol. The lowest BCUT2D eigenvalue weighted by Crippen LogP contribution is -3.00. The molecule has 1 aromatic heterocycles. The fourth-order valence-corrected chi connectivity index (χ4v) is 4.16. The summed E-state index contributed by atoms with van der Waals surface area (Å²) in [6, 6.07) is 23.4. The summed E-state index contributed by atoms with van der Waals surface area (Å²) in [5.41, 5.74) is 3.13. The zero-order valence-electron chi connectivity index (χ0n) is 18.3. The van der Waals surface area contributed by atoms with Gasteiger partial charge in [0.05, 0.1) is 6.61 Å². The fraction of sp³-hybridized carbons (Fsp3) is 0.148. The van der Waals surface area contributed by atoms with E-state index in [9.17, 15) is 0 Å². The highest BCUT2D eigenvalue weighted by molar-refractivity contribution is 6.35. The van der Waals surface area contributed by atoms with E-state index in [2.05, 4.69) is 45.9 Å². The first-order valence-corrected chi connectivity index (χ1v) is 11.8. The zero-order chi connectivity index (χ0) is 23.0. The minimum atomic E-state index is -0.244. The van der Waals surface area contributed by atoms with Gasteiger partial charge in [-0.15, -0.1) is 0 Å². The molecule has 0 saturated carbocycles. The number of hydrogen-bond acceptors (Lipinski definition) is 1. The van der Waals surface area contributed by atoms with Crippen LogP contribution in [0.5, 0.6) is 0 Å². The second-order valence-electron chi connectivity index (χ2n) is 7.71. The lowest BCUT2D eigenvalue weighted by atomic mass is 10.1. The van der Waals surface area contributed by atoms with Crippen LogP contribution in [-0.2, 0) is 24.4 Å². The van der Waals surface area contributed by atoms with Crippen LogP contribution < -0.4 is 17.0 Å². The maximum Gasteiger partial charge on any atom is 0.244 e. The van der Waals surface area contributed by atoms with E-state index < -0.39 is 0 Å². The Bertz CT molecular complexity index is 1210. The van der Waals surface area contributed by atoms with Gasteiger partial charge >= 0.3 is 0 Å². The number of imidazole rings is 1. The van der Waals surface area contributed by atoms with Crippen molar-refractivity contribution in [1.29, 1.82) is 0 Å². The molecule has 0 aliphatic heterocycles.